The Morgan fingerprint density at radius 3 is 2.27 bits per heavy atom. The first-order chi connectivity index (χ1) is 24.6. The fourth-order valence-electron chi connectivity index (χ4n) is 6.05. The summed E-state index contributed by atoms with van der Waals surface area (Å²) in [6, 6.07) is -0.567. The molecule has 0 aromatic rings. The Kier molecular flexibility index (Phi) is 21.6. The number of carbonyl (C=O) groups is 4. The third-order valence-electron chi connectivity index (χ3n) is 9.28. The number of likely N-dealkylation sites (N-methyl/N-ethyl adjacent to an activating group) is 2. The number of quaternary nitrogens is 1. The first kappa shape index (κ1) is 46.1. The Morgan fingerprint density at radius 1 is 0.981 bits per heavy atom. The van der Waals surface area contributed by atoms with Gasteiger partial charge >= 0.3 is 169 Å². The summed E-state index contributed by atoms with van der Waals surface area (Å²) in [5.41, 5.74) is 0. The number of hydrogen-bond donors (Lipinski definition) is 7. The molecule has 2 saturated heterocycles. The number of thioether (sulfide) groups is 1. The number of aliphatic hydroxyl groups excluding tert-OH is 1. The zero-order chi connectivity index (χ0) is 38.6. The van der Waals surface area contributed by atoms with Crippen LogP contribution in [-0.2, 0) is 23.4 Å². The minimum Gasteiger partial charge on any atom is -0.355 e. The van der Waals surface area contributed by atoms with Gasteiger partial charge in [0.1, 0.15) is 0 Å². The van der Waals surface area contributed by atoms with Gasteiger partial charge in [-0.25, -0.2) is 4.79 Å². The zero-order valence-corrected chi connectivity index (χ0v) is 33.7. The van der Waals surface area contributed by atoms with Gasteiger partial charge in [-0.2, -0.15) is 11.8 Å². The van der Waals surface area contributed by atoms with Crippen molar-refractivity contribution in [1.82, 2.24) is 26.2 Å². The van der Waals surface area contributed by atoms with Gasteiger partial charge in [-0.15, -0.1) is 0 Å². The summed E-state index contributed by atoms with van der Waals surface area (Å²) in [5.74, 6) is 0.510. The summed E-state index contributed by atoms with van der Waals surface area (Å²) >= 11 is 1.88. The molecular formula is C35H68N6O9PS+. The molecule has 1 unspecified atom stereocenters. The van der Waals surface area contributed by atoms with Gasteiger partial charge in [-0.3, -0.25) is 9.59 Å². The predicted molar refractivity (Wildman–Crippen MR) is 206 cm³/mol. The number of amides is 5. The van der Waals surface area contributed by atoms with Crippen LogP contribution in [0.1, 0.15) is 89.9 Å². The standard InChI is InChI=1S/C35H67N6O9PS/c1-6-29(42)27(25-50-51(47,48)49-23-22-41(3,4)5)37-31(43)19-14-12-10-8-7-9-11-13-17-21-36-32(44)24-40(2)33(45)20-16-15-18-30-34-28(26-52-30)38-35(46)39-34/h6,27-30,34,42,47-48,51H,1,7-26H2,2-5H3,(H3-,36,37,38,39,43,44,46)/p+1/t27?,28-,29-,30+,34-/m1/s1. The summed E-state index contributed by atoms with van der Waals surface area (Å²) in [6.07, 6.45) is 12.4. The Hall–Kier alpha value is -2.04. The van der Waals surface area contributed by atoms with Gasteiger partial charge in [-0.1, -0.05) is 19.3 Å². The van der Waals surface area contributed by atoms with Crippen molar-refractivity contribution in [1.29, 1.82) is 0 Å². The van der Waals surface area contributed by atoms with Crippen LogP contribution >= 0.6 is 19.9 Å². The van der Waals surface area contributed by atoms with Crippen LogP contribution < -0.4 is 21.3 Å². The monoisotopic (exact) mass is 779 g/mol. The van der Waals surface area contributed by atoms with E-state index in [0.717, 1.165) is 76.4 Å². The topological polar surface area (TPSA) is 199 Å². The second-order valence-electron chi connectivity index (χ2n) is 15.0. The Morgan fingerprint density at radius 2 is 1.62 bits per heavy atom. The van der Waals surface area contributed by atoms with E-state index in [1.807, 2.05) is 32.9 Å². The van der Waals surface area contributed by atoms with E-state index in [-0.39, 0.29) is 55.6 Å². The van der Waals surface area contributed by atoms with Crippen LogP contribution in [0.25, 0.3) is 0 Å². The number of hydrogen-bond acceptors (Lipinski definition) is 10. The van der Waals surface area contributed by atoms with Crippen molar-refractivity contribution in [3.63, 3.8) is 0 Å². The number of fused-ring (bicyclic) bond motifs is 1. The molecule has 0 aromatic heterocycles. The smallest absolute Gasteiger partial charge is 0.355 e. The van der Waals surface area contributed by atoms with E-state index in [1.165, 1.54) is 11.0 Å². The molecular weight excluding hydrogens is 711 g/mol. The number of urea groups is 1. The van der Waals surface area contributed by atoms with Gasteiger partial charge < -0.3 is 20.9 Å². The molecule has 2 fully saturated rings. The summed E-state index contributed by atoms with van der Waals surface area (Å²) in [7, 11) is 3.11. The van der Waals surface area contributed by atoms with Crippen molar-refractivity contribution >= 4 is 43.7 Å². The first-order valence-corrected chi connectivity index (χ1v) is 21.7. The first-order valence-electron chi connectivity index (χ1n) is 18.9. The molecule has 17 heteroatoms. The van der Waals surface area contributed by atoms with Gasteiger partial charge in [0.15, 0.2) is 0 Å². The summed E-state index contributed by atoms with van der Waals surface area (Å²) in [5, 5.41) is 22.2. The van der Waals surface area contributed by atoms with Crippen LogP contribution in [0.5, 0.6) is 0 Å². The van der Waals surface area contributed by atoms with Crippen molar-refractivity contribution in [2.75, 3.05) is 66.8 Å². The second-order valence-corrected chi connectivity index (χ2v) is 18.0. The molecule has 302 valence electrons. The minimum atomic E-state index is -4.40. The average molecular weight is 780 g/mol. The second kappa shape index (κ2) is 24.4. The van der Waals surface area contributed by atoms with E-state index >= 15 is 0 Å². The SMILES string of the molecule is C=C[C@@H](O)C(CO[PH](O)(O)OCC[N+](C)(C)C)NC(=O)CCCCCCCCCCCNC(=O)CN(C)C(=O)CCCC[C@@H]1SC[C@H]2NC(=O)N[C@@H]12. The van der Waals surface area contributed by atoms with E-state index in [4.69, 9.17) is 9.05 Å². The van der Waals surface area contributed by atoms with E-state index in [9.17, 15) is 34.1 Å². The van der Waals surface area contributed by atoms with Crippen LogP contribution in [0.15, 0.2) is 12.7 Å². The zero-order valence-electron chi connectivity index (χ0n) is 31.9. The molecule has 0 aromatic carbocycles. The van der Waals surface area contributed by atoms with Crippen molar-refractivity contribution < 1.29 is 47.6 Å². The summed E-state index contributed by atoms with van der Waals surface area (Å²) < 4.78 is 10.9. The molecule has 15 nitrogen and oxygen atoms in total. The number of unbranched alkanes of at least 4 members (excludes halogenated alkanes) is 9. The van der Waals surface area contributed by atoms with Gasteiger partial charge in [-0.05, 0) is 19.3 Å². The molecule has 0 saturated carbocycles. The fraction of sp³-hybridized carbons (Fsp3) is 0.829. The maximum atomic E-state index is 12.5. The number of carbonyl (C=O) groups excluding carboxylic acids is 4. The number of nitrogens with zero attached hydrogens (tertiary/aromatic N) is 2. The van der Waals surface area contributed by atoms with Gasteiger partial charge in [0, 0.05) is 31.0 Å². The van der Waals surface area contributed by atoms with E-state index in [1.54, 1.807) is 7.05 Å². The molecule has 2 heterocycles. The molecule has 0 bridgehead atoms. The summed E-state index contributed by atoms with van der Waals surface area (Å²) in [6.45, 7) is 4.53. The number of rotatable bonds is 29. The van der Waals surface area contributed by atoms with Crippen molar-refractivity contribution in [3.8, 4) is 0 Å². The Balaban J connectivity index is 1.42. The maximum absolute atomic E-state index is 12.5. The molecule has 2 aliphatic rings. The van der Waals surface area contributed by atoms with Gasteiger partial charge in [0.05, 0.1) is 18.6 Å². The van der Waals surface area contributed by atoms with E-state index in [2.05, 4.69) is 27.8 Å². The number of aliphatic hydroxyl groups is 1. The van der Waals surface area contributed by atoms with Crippen LogP contribution in [0, 0.1) is 0 Å². The molecule has 2 aliphatic heterocycles. The Bertz CT molecular complexity index is 1120. The fourth-order valence-corrected chi connectivity index (χ4v) is 8.43. The van der Waals surface area contributed by atoms with Crippen LogP contribution in [0.3, 0.4) is 0 Å². The van der Waals surface area contributed by atoms with E-state index < -0.39 is 20.3 Å². The summed E-state index contributed by atoms with van der Waals surface area (Å²) in [4.78, 5) is 70.4. The van der Waals surface area contributed by atoms with Crippen LogP contribution in [0.4, 0.5) is 4.79 Å². The van der Waals surface area contributed by atoms with E-state index in [0.29, 0.717) is 42.1 Å². The molecule has 2 rings (SSSR count). The predicted octanol–water partition coefficient (Wildman–Crippen LogP) is 2.35. The minimum absolute atomic E-state index is 0.0267. The van der Waals surface area contributed by atoms with Crippen molar-refractivity contribution in [2.24, 2.45) is 0 Å². The molecule has 52 heavy (non-hydrogen) atoms. The van der Waals surface area contributed by atoms with Gasteiger partial charge in [0.25, 0.3) is 0 Å². The molecule has 0 radical (unpaired) electrons. The van der Waals surface area contributed by atoms with Crippen LogP contribution in [-0.4, -0.2) is 144 Å². The normalized spacial score (nSPS) is 20.0. The van der Waals surface area contributed by atoms with Crippen molar-refractivity contribution in [2.45, 2.75) is 119 Å². The third-order valence-corrected chi connectivity index (χ3v) is 11.9. The third kappa shape index (κ3) is 19.9. The number of nitrogens with one attached hydrogen (secondary N) is 4. The average Bonchev–Trinajstić information content (AvgIpc) is 3.63. The Labute approximate surface area is 315 Å². The molecule has 0 spiro atoms. The quantitative estimate of drug-likeness (QED) is 0.0195. The van der Waals surface area contributed by atoms with Crippen molar-refractivity contribution in [3.05, 3.63) is 12.7 Å². The molecule has 5 amide bonds. The van der Waals surface area contributed by atoms with Gasteiger partial charge in [0.2, 0.25) is 11.8 Å². The molecule has 5 atom stereocenters. The molecule has 0 aliphatic carbocycles. The van der Waals surface area contributed by atoms with Crippen LogP contribution in [0.2, 0.25) is 0 Å². The molecule has 7 N–H and O–H groups in total.